The van der Waals surface area contributed by atoms with Gasteiger partial charge < -0.3 is 20.5 Å². The summed E-state index contributed by atoms with van der Waals surface area (Å²) in [4.78, 5) is 13.4. The van der Waals surface area contributed by atoms with Crippen LogP contribution in [0.3, 0.4) is 0 Å². The predicted molar refractivity (Wildman–Crippen MR) is 74.7 cm³/mol. The highest BCUT2D eigenvalue weighted by atomic mass is 16.5. The molecule has 1 aromatic carbocycles. The number of carboxylic acids is 1. The fraction of sp³-hybridized carbons (Fsp3) is 0.500. The van der Waals surface area contributed by atoms with Gasteiger partial charge in [0.15, 0.2) is 0 Å². The van der Waals surface area contributed by atoms with Gasteiger partial charge in [0, 0.05) is 25.4 Å². The van der Waals surface area contributed by atoms with Crippen molar-refractivity contribution in [1.82, 2.24) is 0 Å². The third-order valence-electron chi connectivity index (χ3n) is 3.37. The zero-order valence-electron chi connectivity index (χ0n) is 11.1. The molecule has 0 aromatic heterocycles. The summed E-state index contributed by atoms with van der Waals surface area (Å²) in [6, 6.07) is 5.04. The Bertz CT molecular complexity index is 460. The first-order chi connectivity index (χ1) is 9.11. The smallest absolute Gasteiger partial charge is 0.337 e. The van der Waals surface area contributed by atoms with Gasteiger partial charge in [0.2, 0.25) is 0 Å². The maximum absolute atomic E-state index is 11.3. The van der Waals surface area contributed by atoms with Crippen LogP contribution in [0, 0.1) is 0 Å². The quantitative estimate of drug-likeness (QED) is 0.813. The number of benzene rings is 1. The van der Waals surface area contributed by atoms with E-state index in [1.165, 1.54) is 6.07 Å². The van der Waals surface area contributed by atoms with Crippen molar-refractivity contribution in [2.45, 2.75) is 25.9 Å². The van der Waals surface area contributed by atoms with E-state index in [1.807, 2.05) is 6.92 Å². The first-order valence-electron chi connectivity index (χ1n) is 6.61. The monoisotopic (exact) mass is 264 g/mol. The minimum atomic E-state index is -0.944. The Labute approximate surface area is 113 Å². The molecule has 0 saturated carbocycles. The molecular formula is C14H20N2O3. The van der Waals surface area contributed by atoms with E-state index < -0.39 is 5.97 Å². The number of carbonyl (C=O) groups is 1. The molecule has 0 bridgehead atoms. The van der Waals surface area contributed by atoms with Crippen LogP contribution in [-0.4, -0.2) is 36.9 Å². The normalized spacial score (nSPS) is 19.4. The van der Waals surface area contributed by atoms with Crippen LogP contribution in [0.25, 0.3) is 0 Å². The molecule has 1 saturated heterocycles. The van der Waals surface area contributed by atoms with Crippen molar-refractivity contribution in [3.05, 3.63) is 23.8 Å². The van der Waals surface area contributed by atoms with Gasteiger partial charge in [0.1, 0.15) is 0 Å². The fourth-order valence-electron chi connectivity index (χ4n) is 2.53. The fourth-order valence-corrected chi connectivity index (χ4v) is 2.53. The average Bonchev–Trinajstić information content (AvgIpc) is 2.39. The first-order valence-corrected chi connectivity index (χ1v) is 6.61. The van der Waals surface area contributed by atoms with Crippen molar-refractivity contribution in [2.75, 3.05) is 30.3 Å². The highest BCUT2D eigenvalue weighted by Crippen LogP contribution is 2.27. The Morgan fingerprint density at radius 1 is 1.58 bits per heavy atom. The second-order valence-electron chi connectivity index (χ2n) is 4.75. The molecule has 19 heavy (non-hydrogen) atoms. The van der Waals surface area contributed by atoms with E-state index in [4.69, 9.17) is 10.5 Å². The lowest BCUT2D eigenvalue weighted by Gasteiger charge is -2.34. The van der Waals surface area contributed by atoms with Crippen LogP contribution in [0.1, 0.15) is 30.1 Å². The third-order valence-corrected chi connectivity index (χ3v) is 3.37. The summed E-state index contributed by atoms with van der Waals surface area (Å²) in [6.07, 6.45) is 2.22. The van der Waals surface area contributed by atoms with Crippen molar-refractivity contribution >= 4 is 17.3 Å². The molecule has 1 aliphatic rings. The maximum atomic E-state index is 11.3. The van der Waals surface area contributed by atoms with E-state index in [-0.39, 0.29) is 11.7 Å². The molecule has 0 amide bonds. The number of piperidine rings is 1. The molecule has 0 radical (unpaired) electrons. The van der Waals surface area contributed by atoms with Gasteiger partial charge >= 0.3 is 5.97 Å². The van der Waals surface area contributed by atoms with E-state index >= 15 is 0 Å². The van der Waals surface area contributed by atoms with E-state index in [1.54, 1.807) is 12.1 Å². The number of hydrogen-bond acceptors (Lipinski definition) is 4. The number of nitrogens with two attached hydrogens (primary N) is 1. The van der Waals surface area contributed by atoms with Crippen molar-refractivity contribution in [1.29, 1.82) is 0 Å². The van der Waals surface area contributed by atoms with Gasteiger partial charge in [-0.25, -0.2) is 4.79 Å². The van der Waals surface area contributed by atoms with Gasteiger partial charge in [0.25, 0.3) is 0 Å². The minimum Gasteiger partial charge on any atom is -0.478 e. The van der Waals surface area contributed by atoms with Crippen LogP contribution in [0.5, 0.6) is 0 Å². The molecule has 5 heteroatoms. The average molecular weight is 264 g/mol. The van der Waals surface area contributed by atoms with E-state index in [0.29, 0.717) is 12.3 Å². The summed E-state index contributed by atoms with van der Waals surface area (Å²) in [5, 5.41) is 9.28. The van der Waals surface area contributed by atoms with Crippen LogP contribution in [-0.2, 0) is 4.74 Å². The SMILES string of the molecule is CCOC1CCCN(c2ccc(N)cc2C(=O)O)C1. The summed E-state index contributed by atoms with van der Waals surface area (Å²) in [7, 11) is 0. The Balaban J connectivity index is 2.23. The van der Waals surface area contributed by atoms with Gasteiger partial charge in [0.05, 0.1) is 17.4 Å². The molecule has 1 fully saturated rings. The summed E-state index contributed by atoms with van der Waals surface area (Å²) in [6.45, 7) is 4.25. The summed E-state index contributed by atoms with van der Waals surface area (Å²) < 4.78 is 5.64. The topological polar surface area (TPSA) is 75.8 Å². The van der Waals surface area contributed by atoms with Crippen LogP contribution in [0.15, 0.2) is 18.2 Å². The first kappa shape index (κ1) is 13.7. The second-order valence-corrected chi connectivity index (χ2v) is 4.75. The number of nitrogens with zero attached hydrogens (tertiary/aromatic N) is 1. The Kier molecular flexibility index (Phi) is 4.27. The van der Waals surface area contributed by atoms with Crippen LogP contribution in [0.4, 0.5) is 11.4 Å². The van der Waals surface area contributed by atoms with Crippen LogP contribution >= 0.6 is 0 Å². The summed E-state index contributed by atoms with van der Waals surface area (Å²) in [5.74, 6) is -0.944. The van der Waals surface area contributed by atoms with Gasteiger partial charge in [-0.15, -0.1) is 0 Å². The lowest BCUT2D eigenvalue weighted by molar-refractivity contribution is 0.0524. The number of rotatable bonds is 4. The van der Waals surface area contributed by atoms with E-state index in [2.05, 4.69) is 4.90 Å². The number of ether oxygens (including phenoxy) is 1. The molecule has 1 unspecified atom stereocenters. The lowest BCUT2D eigenvalue weighted by atomic mass is 10.0. The zero-order valence-corrected chi connectivity index (χ0v) is 11.1. The van der Waals surface area contributed by atoms with Crippen molar-refractivity contribution in [3.63, 3.8) is 0 Å². The molecule has 1 aliphatic heterocycles. The van der Waals surface area contributed by atoms with Crippen molar-refractivity contribution < 1.29 is 14.6 Å². The lowest BCUT2D eigenvalue weighted by Crippen LogP contribution is -2.40. The Morgan fingerprint density at radius 2 is 2.37 bits per heavy atom. The number of aromatic carboxylic acids is 1. The van der Waals surface area contributed by atoms with Gasteiger partial charge in [-0.1, -0.05) is 0 Å². The standard InChI is InChI=1S/C14H20N2O3/c1-2-19-11-4-3-7-16(9-11)13-6-5-10(15)8-12(13)14(17)18/h5-6,8,11H,2-4,7,9,15H2,1H3,(H,17,18). The predicted octanol–water partition coefficient (Wildman–Crippen LogP) is 1.97. The summed E-state index contributed by atoms with van der Waals surface area (Å²) in [5.41, 5.74) is 7.12. The van der Waals surface area contributed by atoms with E-state index in [9.17, 15) is 9.90 Å². The van der Waals surface area contributed by atoms with Gasteiger partial charge in [-0.3, -0.25) is 0 Å². The van der Waals surface area contributed by atoms with Crippen LogP contribution < -0.4 is 10.6 Å². The molecule has 104 valence electrons. The largest absolute Gasteiger partial charge is 0.478 e. The Hall–Kier alpha value is -1.75. The van der Waals surface area contributed by atoms with Crippen LogP contribution in [0.2, 0.25) is 0 Å². The number of carboxylic acid groups (broad SMARTS) is 1. The molecular weight excluding hydrogens is 244 g/mol. The molecule has 0 spiro atoms. The highest BCUT2D eigenvalue weighted by Gasteiger charge is 2.23. The van der Waals surface area contributed by atoms with Gasteiger partial charge in [-0.2, -0.15) is 0 Å². The van der Waals surface area contributed by atoms with Gasteiger partial charge in [-0.05, 0) is 38.0 Å². The zero-order chi connectivity index (χ0) is 13.8. The Morgan fingerprint density at radius 3 is 3.05 bits per heavy atom. The molecule has 1 heterocycles. The second kappa shape index (κ2) is 5.93. The number of nitrogen functional groups attached to an aromatic ring is 1. The number of anilines is 2. The maximum Gasteiger partial charge on any atom is 0.337 e. The highest BCUT2D eigenvalue weighted by molar-refractivity contribution is 5.95. The van der Waals surface area contributed by atoms with Crippen molar-refractivity contribution in [2.24, 2.45) is 0 Å². The molecule has 1 aromatic rings. The molecule has 5 nitrogen and oxygen atoms in total. The van der Waals surface area contributed by atoms with E-state index in [0.717, 1.165) is 31.6 Å². The molecule has 2 rings (SSSR count). The minimum absolute atomic E-state index is 0.179. The number of hydrogen-bond donors (Lipinski definition) is 2. The van der Waals surface area contributed by atoms with Crippen molar-refractivity contribution in [3.8, 4) is 0 Å². The molecule has 3 N–H and O–H groups in total. The molecule has 1 atom stereocenters. The summed E-state index contributed by atoms with van der Waals surface area (Å²) >= 11 is 0. The molecule has 0 aliphatic carbocycles. The third kappa shape index (κ3) is 3.17.